The number of hydrogen-bond acceptors (Lipinski definition) is 2. The highest BCUT2D eigenvalue weighted by atomic mass is 19.1. The molecule has 1 aromatic carbocycles. The number of benzene rings is 1. The molecule has 1 N–H and O–H groups in total. The Hall–Kier alpha value is -1.68. The van der Waals surface area contributed by atoms with Crippen molar-refractivity contribution in [3.8, 4) is 0 Å². The van der Waals surface area contributed by atoms with Crippen LogP contribution in [-0.2, 0) is 13.1 Å². The van der Waals surface area contributed by atoms with Gasteiger partial charge in [-0.25, -0.2) is 4.39 Å². The zero-order chi connectivity index (χ0) is 13.0. The summed E-state index contributed by atoms with van der Waals surface area (Å²) in [5.74, 6) is -0.180. The first-order valence-corrected chi connectivity index (χ1v) is 6.11. The molecule has 4 heteroatoms. The lowest BCUT2D eigenvalue weighted by Crippen LogP contribution is -2.30. The third-order valence-electron chi connectivity index (χ3n) is 2.97. The van der Waals surface area contributed by atoms with Gasteiger partial charge in [0.15, 0.2) is 0 Å². The first-order valence-electron chi connectivity index (χ1n) is 6.11. The van der Waals surface area contributed by atoms with Crippen LogP contribution < -0.4 is 5.32 Å². The maximum absolute atomic E-state index is 13.0. The lowest BCUT2D eigenvalue weighted by atomic mass is 10.1. The molecule has 96 valence electrons. The summed E-state index contributed by atoms with van der Waals surface area (Å²) in [5, 5.41) is 7.58. The normalized spacial score (nSPS) is 12.6. The Labute approximate surface area is 107 Å². The van der Waals surface area contributed by atoms with Gasteiger partial charge in [0.05, 0.1) is 6.54 Å². The molecule has 0 fully saturated rings. The fourth-order valence-electron chi connectivity index (χ4n) is 1.90. The second kappa shape index (κ2) is 5.78. The van der Waals surface area contributed by atoms with E-state index in [1.54, 1.807) is 12.3 Å². The van der Waals surface area contributed by atoms with Gasteiger partial charge in [-0.05, 0) is 43.2 Å². The third-order valence-corrected chi connectivity index (χ3v) is 2.97. The summed E-state index contributed by atoms with van der Waals surface area (Å²) in [6, 6.07) is 7.13. The van der Waals surface area contributed by atoms with E-state index in [9.17, 15) is 4.39 Å². The molecule has 2 aromatic rings. The zero-order valence-corrected chi connectivity index (χ0v) is 10.7. The Bertz CT molecular complexity index is 494. The lowest BCUT2D eigenvalue weighted by molar-refractivity contribution is 0.450. The smallest absolute Gasteiger partial charge is 0.123 e. The Kier molecular flexibility index (Phi) is 4.10. The molecule has 1 atom stereocenters. The number of nitrogens with one attached hydrogen (secondary N) is 1. The van der Waals surface area contributed by atoms with Gasteiger partial charge in [-0.2, -0.15) is 5.10 Å². The molecular formula is C14H18FN3. The maximum atomic E-state index is 13.0. The standard InChI is InChI=1S/C14H18FN3/c1-11-8-14(15)5-4-13(11)9-16-12(2)10-18-7-3-6-17-18/h3-8,12,16H,9-10H2,1-2H3. The van der Waals surface area contributed by atoms with Gasteiger partial charge in [-0.15, -0.1) is 0 Å². The molecule has 2 rings (SSSR count). The fraction of sp³-hybridized carbons (Fsp3) is 0.357. The monoisotopic (exact) mass is 247 g/mol. The predicted octanol–water partition coefficient (Wildman–Crippen LogP) is 2.51. The minimum Gasteiger partial charge on any atom is -0.308 e. The van der Waals surface area contributed by atoms with Gasteiger partial charge < -0.3 is 5.32 Å². The van der Waals surface area contributed by atoms with Crippen LogP contribution in [0.2, 0.25) is 0 Å². The number of aryl methyl sites for hydroxylation is 1. The Morgan fingerprint density at radius 1 is 1.44 bits per heavy atom. The molecule has 0 radical (unpaired) electrons. The van der Waals surface area contributed by atoms with Crippen LogP contribution in [0.5, 0.6) is 0 Å². The van der Waals surface area contributed by atoms with E-state index in [0.29, 0.717) is 6.04 Å². The van der Waals surface area contributed by atoms with Crippen molar-refractivity contribution in [3.05, 3.63) is 53.6 Å². The van der Waals surface area contributed by atoms with Crippen LogP contribution in [0, 0.1) is 12.7 Å². The fourth-order valence-corrected chi connectivity index (χ4v) is 1.90. The van der Waals surface area contributed by atoms with E-state index in [-0.39, 0.29) is 5.82 Å². The number of halogens is 1. The van der Waals surface area contributed by atoms with Crippen molar-refractivity contribution < 1.29 is 4.39 Å². The minimum atomic E-state index is -0.180. The molecule has 0 amide bonds. The number of aromatic nitrogens is 2. The van der Waals surface area contributed by atoms with E-state index in [0.717, 1.165) is 24.2 Å². The van der Waals surface area contributed by atoms with Crippen LogP contribution >= 0.6 is 0 Å². The first-order chi connectivity index (χ1) is 8.65. The van der Waals surface area contributed by atoms with Crippen LogP contribution in [0.15, 0.2) is 36.7 Å². The highest BCUT2D eigenvalue weighted by molar-refractivity contribution is 5.26. The summed E-state index contributed by atoms with van der Waals surface area (Å²) >= 11 is 0. The molecule has 1 heterocycles. The van der Waals surface area contributed by atoms with Gasteiger partial charge in [-0.1, -0.05) is 6.07 Å². The molecule has 3 nitrogen and oxygen atoms in total. The second-order valence-electron chi connectivity index (χ2n) is 4.58. The molecule has 0 saturated carbocycles. The van der Waals surface area contributed by atoms with E-state index < -0.39 is 0 Å². The molecular weight excluding hydrogens is 229 g/mol. The molecule has 0 spiro atoms. The topological polar surface area (TPSA) is 29.9 Å². The Morgan fingerprint density at radius 3 is 2.94 bits per heavy atom. The largest absolute Gasteiger partial charge is 0.308 e. The summed E-state index contributed by atoms with van der Waals surface area (Å²) in [5.41, 5.74) is 2.11. The summed E-state index contributed by atoms with van der Waals surface area (Å²) in [4.78, 5) is 0. The minimum absolute atomic E-state index is 0.180. The summed E-state index contributed by atoms with van der Waals surface area (Å²) in [7, 11) is 0. The van der Waals surface area contributed by atoms with Crippen LogP contribution in [0.1, 0.15) is 18.1 Å². The summed E-state index contributed by atoms with van der Waals surface area (Å²) in [6.45, 7) is 5.61. The average molecular weight is 247 g/mol. The molecule has 18 heavy (non-hydrogen) atoms. The van der Waals surface area contributed by atoms with Crippen molar-refractivity contribution in [1.29, 1.82) is 0 Å². The van der Waals surface area contributed by atoms with Crippen molar-refractivity contribution in [2.45, 2.75) is 33.0 Å². The zero-order valence-electron chi connectivity index (χ0n) is 10.7. The van der Waals surface area contributed by atoms with Crippen LogP contribution in [0.3, 0.4) is 0 Å². The molecule has 0 bridgehead atoms. The van der Waals surface area contributed by atoms with E-state index in [2.05, 4.69) is 17.3 Å². The van der Waals surface area contributed by atoms with Gasteiger partial charge in [0.1, 0.15) is 5.82 Å². The van der Waals surface area contributed by atoms with Gasteiger partial charge in [0.25, 0.3) is 0 Å². The quantitative estimate of drug-likeness (QED) is 0.879. The highest BCUT2D eigenvalue weighted by Gasteiger charge is 2.05. The molecule has 1 aromatic heterocycles. The SMILES string of the molecule is Cc1cc(F)ccc1CNC(C)Cn1cccn1. The molecule has 0 saturated heterocycles. The van der Waals surface area contributed by atoms with Gasteiger partial charge in [0.2, 0.25) is 0 Å². The van der Waals surface area contributed by atoms with E-state index in [4.69, 9.17) is 0 Å². The van der Waals surface area contributed by atoms with Crippen molar-refractivity contribution >= 4 is 0 Å². The molecule has 0 aliphatic carbocycles. The Balaban J connectivity index is 1.87. The van der Waals surface area contributed by atoms with E-state index in [1.807, 2.05) is 29.9 Å². The van der Waals surface area contributed by atoms with Crippen LogP contribution in [0.25, 0.3) is 0 Å². The van der Waals surface area contributed by atoms with Crippen molar-refractivity contribution in [2.24, 2.45) is 0 Å². The van der Waals surface area contributed by atoms with Gasteiger partial charge >= 0.3 is 0 Å². The molecule has 0 aliphatic heterocycles. The number of hydrogen-bond donors (Lipinski definition) is 1. The van der Waals surface area contributed by atoms with Crippen molar-refractivity contribution in [3.63, 3.8) is 0 Å². The molecule has 0 aliphatic rings. The number of nitrogens with zero attached hydrogens (tertiary/aromatic N) is 2. The summed E-state index contributed by atoms with van der Waals surface area (Å²) in [6.07, 6.45) is 3.72. The van der Waals surface area contributed by atoms with Crippen LogP contribution in [-0.4, -0.2) is 15.8 Å². The average Bonchev–Trinajstić information content (AvgIpc) is 2.80. The van der Waals surface area contributed by atoms with Crippen molar-refractivity contribution in [1.82, 2.24) is 15.1 Å². The van der Waals surface area contributed by atoms with Crippen molar-refractivity contribution in [2.75, 3.05) is 0 Å². The van der Waals surface area contributed by atoms with Gasteiger partial charge in [0, 0.05) is 25.0 Å². The molecule has 1 unspecified atom stereocenters. The van der Waals surface area contributed by atoms with E-state index in [1.165, 1.54) is 6.07 Å². The predicted molar refractivity (Wildman–Crippen MR) is 69.7 cm³/mol. The van der Waals surface area contributed by atoms with Crippen LogP contribution in [0.4, 0.5) is 4.39 Å². The number of rotatable bonds is 5. The summed E-state index contributed by atoms with van der Waals surface area (Å²) < 4.78 is 14.9. The lowest BCUT2D eigenvalue weighted by Gasteiger charge is -2.15. The third kappa shape index (κ3) is 3.40. The highest BCUT2D eigenvalue weighted by Crippen LogP contribution is 2.10. The first kappa shape index (κ1) is 12.8. The Morgan fingerprint density at radius 2 is 2.28 bits per heavy atom. The second-order valence-corrected chi connectivity index (χ2v) is 4.58. The van der Waals surface area contributed by atoms with Gasteiger partial charge in [-0.3, -0.25) is 4.68 Å². The maximum Gasteiger partial charge on any atom is 0.123 e. The van der Waals surface area contributed by atoms with E-state index >= 15 is 0 Å².